The molecule has 0 aliphatic carbocycles. The molecule has 0 unspecified atom stereocenters. The highest BCUT2D eigenvalue weighted by Gasteiger charge is 1.98. The van der Waals surface area contributed by atoms with Crippen LogP contribution in [0, 0.1) is 0 Å². The lowest BCUT2D eigenvalue weighted by atomic mass is 10.2. The SMILES string of the molecule is Clc1ccc(CNc2ccc(-n3ccnc3)nc2)cc1. The molecule has 0 bridgehead atoms. The molecular formula is C15H13ClN4. The zero-order chi connectivity index (χ0) is 13.8. The van der Waals surface area contributed by atoms with Crippen LogP contribution in [0.15, 0.2) is 61.3 Å². The number of nitrogens with one attached hydrogen (secondary N) is 1. The number of imidazole rings is 1. The number of nitrogens with zero attached hydrogens (tertiary/aromatic N) is 3. The van der Waals surface area contributed by atoms with Crippen molar-refractivity contribution in [1.29, 1.82) is 0 Å². The Morgan fingerprint density at radius 3 is 2.60 bits per heavy atom. The molecule has 0 aliphatic rings. The van der Waals surface area contributed by atoms with E-state index in [1.165, 1.54) is 5.56 Å². The minimum Gasteiger partial charge on any atom is -0.380 e. The summed E-state index contributed by atoms with van der Waals surface area (Å²) < 4.78 is 1.86. The van der Waals surface area contributed by atoms with Crippen molar-refractivity contribution in [2.24, 2.45) is 0 Å². The first-order valence-electron chi connectivity index (χ1n) is 6.24. The van der Waals surface area contributed by atoms with Crippen LogP contribution in [0.4, 0.5) is 5.69 Å². The smallest absolute Gasteiger partial charge is 0.137 e. The van der Waals surface area contributed by atoms with Crippen molar-refractivity contribution in [2.75, 3.05) is 5.32 Å². The van der Waals surface area contributed by atoms with Gasteiger partial charge in [-0.05, 0) is 29.8 Å². The van der Waals surface area contributed by atoms with Gasteiger partial charge in [0, 0.05) is 24.0 Å². The second-order valence-corrected chi connectivity index (χ2v) is 4.79. The number of hydrogen-bond donors (Lipinski definition) is 1. The minimum absolute atomic E-state index is 0.739. The summed E-state index contributed by atoms with van der Waals surface area (Å²) in [6.07, 6.45) is 7.13. The Hall–Kier alpha value is -2.33. The lowest BCUT2D eigenvalue weighted by Gasteiger charge is -2.07. The Labute approximate surface area is 122 Å². The fourth-order valence-electron chi connectivity index (χ4n) is 1.84. The van der Waals surface area contributed by atoms with Crippen molar-refractivity contribution >= 4 is 17.3 Å². The van der Waals surface area contributed by atoms with Crippen LogP contribution in [-0.4, -0.2) is 14.5 Å². The fourth-order valence-corrected chi connectivity index (χ4v) is 1.97. The molecule has 1 N–H and O–H groups in total. The molecule has 0 saturated carbocycles. The van der Waals surface area contributed by atoms with E-state index in [1.807, 2.05) is 53.4 Å². The highest BCUT2D eigenvalue weighted by atomic mass is 35.5. The Morgan fingerprint density at radius 1 is 1.10 bits per heavy atom. The number of pyridine rings is 1. The van der Waals surface area contributed by atoms with Gasteiger partial charge >= 0.3 is 0 Å². The second-order valence-electron chi connectivity index (χ2n) is 4.36. The largest absolute Gasteiger partial charge is 0.380 e. The van der Waals surface area contributed by atoms with E-state index in [0.29, 0.717) is 0 Å². The third-order valence-electron chi connectivity index (χ3n) is 2.93. The predicted molar refractivity (Wildman–Crippen MR) is 80.1 cm³/mol. The maximum atomic E-state index is 5.86. The molecule has 2 heterocycles. The van der Waals surface area contributed by atoms with Crippen LogP contribution in [0.3, 0.4) is 0 Å². The van der Waals surface area contributed by atoms with Crippen LogP contribution in [0.25, 0.3) is 5.82 Å². The van der Waals surface area contributed by atoms with Gasteiger partial charge in [0.25, 0.3) is 0 Å². The molecule has 0 spiro atoms. The third kappa shape index (κ3) is 2.97. The molecule has 0 saturated heterocycles. The van der Waals surface area contributed by atoms with E-state index in [2.05, 4.69) is 15.3 Å². The van der Waals surface area contributed by atoms with Gasteiger partial charge in [0.05, 0.1) is 11.9 Å². The molecule has 100 valence electrons. The summed E-state index contributed by atoms with van der Waals surface area (Å²) in [5.74, 6) is 0.847. The van der Waals surface area contributed by atoms with Crippen molar-refractivity contribution in [1.82, 2.24) is 14.5 Å². The van der Waals surface area contributed by atoms with Crippen LogP contribution in [0.1, 0.15) is 5.56 Å². The van der Waals surface area contributed by atoms with Crippen molar-refractivity contribution in [3.8, 4) is 5.82 Å². The van der Waals surface area contributed by atoms with Crippen LogP contribution < -0.4 is 5.32 Å². The third-order valence-corrected chi connectivity index (χ3v) is 3.18. The zero-order valence-electron chi connectivity index (χ0n) is 10.7. The van der Waals surface area contributed by atoms with Gasteiger partial charge in [-0.2, -0.15) is 0 Å². The fraction of sp³-hybridized carbons (Fsp3) is 0.0667. The number of aromatic nitrogens is 3. The summed E-state index contributed by atoms with van der Waals surface area (Å²) in [5.41, 5.74) is 2.15. The highest BCUT2D eigenvalue weighted by Crippen LogP contribution is 2.13. The lowest BCUT2D eigenvalue weighted by Crippen LogP contribution is -2.01. The van der Waals surface area contributed by atoms with Crippen LogP contribution in [-0.2, 0) is 6.54 Å². The summed E-state index contributed by atoms with van der Waals surface area (Å²) in [4.78, 5) is 8.39. The molecular weight excluding hydrogens is 272 g/mol. The number of halogens is 1. The van der Waals surface area contributed by atoms with E-state index < -0.39 is 0 Å². The molecule has 0 aliphatic heterocycles. The summed E-state index contributed by atoms with van der Waals surface area (Å²) in [7, 11) is 0. The first kappa shape index (κ1) is 12.7. The molecule has 2 aromatic heterocycles. The average molecular weight is 285 g/mol. The molecule has 0 amide bonds. The first-order valence-corrected chi connectivity index (χ1v) is 6.62. The van der Waals surface area contributed by atoms with Crippen molar-refractivity contribution in [2.45, 2.75) is 6.54 Å². The highest BCUT2D eigenvalue weighted by molar-refractivity contribution is 6.30. The topological polar surface area (TPSA) is 42.7 Å². The average Bonchev–Trinajstić information content (AvgIpc) is 3.01. The number of rotatable bonds is 4. The van der Waals surface area contributed by atoms with Crippen molar-refractivity contribution < 1.29 is 0 Å². The summed E-state index contributed by atoms with van der Waals surface area (Å²) in [6, 6.07) is 11.7. The normalized spacial score (nSPS) is 10.4. The van der Waals surface area contributed by atoms with E-state index in [1.54, 1.807) is 12.5 Å². The van der Waals surface area contributed by atoms with Gasteiger partial charge in [-0.15, -0.1) is 0 Å². The quantitative estimate of drug-likeness (QED) is 0.797. The van der Waals surface area contributed by atoms with E-state index in [4.69, 9.17) is 11.6 Å². The van der Waals surface area contributed by atoms with Gasteiger partial charge in [0.2, 0.25) is 0 Å². The van der Waals surface area contributed by atoms with Crippen LogP contribution in [0.5, 0.6) is 0 Å². The van der Waals surface area contributed by atoms with E-state index in [0.717, 1.165) is 23.1 Å². The molecule has 0 fully saturated rings. The van der Waals surface area contributed by atoms with Gasteiger partial charge in [-0.25, -0.2) is 9.97 Å². The van der Waals surface area contributed by atoms with Crippen molar-refractivity contribution in [3.05, 3.63) is 71.9 Å². The molecule has 0 atom stereocenters. The zero-order valence-corrected chi connectivity index (χ0v) is 11.5. The monoisotopic (exact) mass is 284 g/mol. The van der Waals surface area contributed by atoms with Gasteiger partial charge in [0.1, 0.15) is 12.1 Å². The van der Waals surface area contributed by atoms with Crippen LogP contribution >= 0.6 is 11.6 Å². The van der Waals surface area contributed by atoms with Crippen molar-refractivity contribution in [3.63, 3.8) is 0 Å². The summed E-state index contributed by atoms with van der Waals surface area (Å²) in [5, 5.41) is 4.07. The molecule has 3 aromatic rings. The first-order chi connectivity index (χ1) is 9.81. The number of hydrogen-bond acceptors (Lipinski definition) is 3. The van der Waals surface area contributed by atoms with Gasteiger partial charge in [0.15, 0.2) is 0 Å². The lowest BCUT2D eigenvalue weighted by molar-refractivity contribution is 0.990. The molecule has 1 aromatic carbocycles. The second kappa shape index (κ2) is 5.75. The Bertz CT molecular complexity index is 660. The maximum Gasteiger partial charge on any atom is 0.137 e. The summed E-state index contributed by atoms with van der Waals surface area (Å²) in [6.45, 7) is 0.739. The Morgan fingerprint density at radius 2 is 1.95 bits per heavy atom. The molecule has 0 radical (unpaired) electrons. The van der Waals surface area contributed by atoms with Crippen LogP contribution in [0.2, 0.25) is 5.02 Å². The van der Waals surface area contributed by atoms with E-state index >= 15 is 0 Å². The predicted octanol–water partition coefficient (Wildman–Crippen LogP) is 3.53. The number of anilines is 1. The standard InChI is InChI=1S/C15H13ClN4/c16-13-3-1-12(2-4-13)9-18-14-5-6-15(19-10-14)20-8-7-17-11-20/h1-8,10-11,18H,9H2. The van der Waals surface area contributed by atoms with E-state index in [-0.39, 0.29) is 0 Å². The van der Waals surface area contributed by atoms with Gasteiger partial charge < -0.3 is 5.32 Å². The summed E-state index contributed by atoms with van der Waals surface area (Å²) >= 11 is 5.86. The molecule has 20 heavy (non-hydrogen) atoms. The van der Waals surface area contributed by atoms with Gasteiger partial charge in [-0.3, -0.25) is 4.57 Å². The maximum absolute atomic E-state index is 5.86. The Balaban J connectivity index is 1.65. The van der Waals surface area contributed by atoms with Gasteiger partial charge in [-0.1, -0.05) is 23.7 Å². The van der Waals surface area contributed by atoms with E-state index in [9.17, 15) is 0 Å². The molecule has 5 heteroatoms. The Kier molecular flexibility index (Phi) is 3.65. The minimum atomic E-state index is 0.739. The molecule has 4 nitrogen and oxygen atoms in total. The molecule has 3 rings (SSSR count). The number of benzene rings is 1.